The second kappa shape index (κ2) is 4.97. The standard InChI is InChI=1S/C9H10N2O4S.ClH/c1-4(12)10-6-2-5(9(14)15)11-7(13)3-8(11)16-6;/h2,6,8H,3H2,1H3,(H,10,12)(H,14,15);1H/t6?,8-;/m1./s1. The van der Waals surface area contributed by atoms with Crippen LogP contribution < -0.4 is 5.32 Å². The molecule has 94 valence electrons. The third kappa shape index (κ3) is 2.55. The van der Waals surface area contributed by atoms with Crippen molar-refractivity contribution in [2.75, 3.05) is 0 Å². The first kappa shape index (κ1) is 13.9. The van der Waals surface area contributed by atoms with Gasteiger partial charge < -0.3 is 10.4 Å². The fourth-order valence-corrected chi connectivity index (χ4v) is 3.04. The molecule has 0 bridgehead atoms. The van der Waals surface area contributed by atoms with Crippen molar-refractivity contribution < 1.29 is 19.5 Å². The van der Waals surface area contributed by atoms with E-state index in [4.69, 9.17) is 5.11 Å². The van der Waals surface area contributed by atoms with Crippen LogP contribution >= 0.6 is 24.2 Å². The molecule has 2 rings (SSSR count). The Morgan fingerprint density at radius 2 is 2.24 bits per heavy atom. The number of thioether (sulfide) groups is 1. The quantitative estimate of drug-likeness (QED) is 0.702. The number of carboxylic acid groups (broad SMARTS) is 1. The van der Waals surface area contributed by atoms with Gasteiger partial charge in [0.1, 0.15) is 5.70 Å². The Bertz CT molecular complexity index is 412. The number of hydrogen-bond donors (Lipinski definition) is 2. The Balaban J connectivity index is 0.00000144. The molecule has 2 aliphatic rings. The summed E-state index contributed by atoms with van der Waals surface area (Å²) < 4.78 is 0. The van der Waals surface area contributed by atoms with Crippen LogP contribution in [-0.2, 0) is 14.4 Å². The molecular weight excluding hydrogens is 268 g/mol. The summed E-state index contributed by atoms with van der Waals surface area (Å²) in [5, 5.41) is 11.0. The van der Waals surface area contributed by atoms with Crippen molar-refractivity contribution in [3.63, 3.8) is 0 Å². The van der Waals surface area contributed by atoms with Crippen molar-refractivity contribution >= 4 is 42.0 Å². The number of fused-ring (bicyclic) bond motifs is 1. The zero-order valence-electron chi connectivity index (χ0n) is 8.87. The van der Waals surface area contributed by atoms with Crippen molar-refractivity contribution in [1.29, 1.82) is 0 Å². The highest BCUT2D eigenvalue weighted by molar-refractivity contribution is 8.00. The van der Waals surface area contributed by atoms with Crippen LogP contribution in [0.1, 0.15) is 13.3 Å². The van der Waals surface area contributed by atoms with Gasteiger partial charge in [0.15, 0.2) is 0 Å². The van der Waals surface area contributed by atoms with Crippen LogP contribution in [0.25, 0.3) is 0 Å². The van der Waals surface area contributed by atoms with Gasteiger partial charge in [-0.05, 0) is 6.08 Å². The molecule has 1 fully saturated rings. The number of aliphatic carboxylic acids is 1. The van der Waals surface area contributed by atoms with Gasteiger partial charge >= 0.3 is 5.97 Å². The second-order valence-electron chi connectivity index (χ2n) is 3.54. The maximum Gasteiger partial charge on any atom is 0.352 e. The normalized spacial score (nSPS) is 26.1. The van der Waals surface area contributed by atoms with E-state index in [1.54, 1.807) is 0 Å². The molecule has 0 aromatic carbocycles. The van der Waals surface area contributed by atoms with E-state index in [1.165, 1.54) is 29.7 Å². The van der Waals surface area contributed by atoms with Gasteiger partial charge in [-0.2, -0.15) is 0 Å². The largest absolute Gasteiger partial charge is 0.477 e. The minimum absolute atomic E-state index is 0. The molecule has 2 heterocycles. The first-order chi connectivity index (χ1) is 7.49. The molecule has 8 heteroatoms. The van der Waals surface area contributed by atoms with Crippen LogP contribution in [0, 0.1) is 0 Å². The number of nitrogens with one attached hydrogen (secondary N) is 1. The van der Waals surface area contributed by atoms with Gasteiger partial charge in [0.25, 0.3) is 0 Å². The van der Waals surface area contributed by atoms with Gasteiger partial charge in [-0.3, -0.25) is 14.5 Å². The lowest BCUT2D eigenvalue weighted by molar-refractivity contribution is -0.146. The van der Waals surface area contributed by atoms with Crippen molar-refractivity contribution in [2.45, 2.75) is 24.1 Å². The molecule has 1 saturated heterocycles. The van der Waals surface area contributed by atoms with E-state index in [0.717, 1.165) is 0 Å². The monoisotopic (exact) mass is 278 g/mol. The fourth-order valence-electron chi connectivity index (χ4n) is 1.67. The van der Waals surface area contributed by atoms with Gasteiger partial charge in [-0.25, -0.2) is 4.79 Å². The number of hydrogen-bond acceptors (Lipinski definition) is 4. The van der Waals surface area contributed by atoms with Crippen LogP contribution in [0.15, 0.2) is 11.8 Å². The predicted octanol–water partition coefficient (Wildman–Crippen LogP) is 0.144. The van der Waals surface area contributed by atoms with Gasteiger partial charge in [0.05, 0.1) is 17.2 Å². The second-order valence-corrected chi connectivity index (χ2v) is 4.86. The highest BCUT2D eigenvalue weighted by Crippen LogP contribution is 2.39. The number of carboxylic acids is 1. The molecule has 0 aromatic rings. The molecule has 0 aliphatic carbocycles. The molecule has 1 unspecified atom stereocenters. The molecule has 17 heavy (non-hydrogen) atoms. The van der Waals surface area contributed by atoms with Crippen molar-refractivity contribution in [3.05, 3.63) is 11.8 Å². The molecule has 0 saturated carbocycles. The van der Waals surface area contributed by atoms with E-state index in [1.807, 2.05) is 0 Å². The van der Waals surface area contributed by atoms with E-state index in [0.29, 0.717) is 6.42 Å². The fraction of sp³-hybridized carbons (Fsp3) is 0.444. The lowest BCUT2D eigenvalue weighted by atomic mass is 10.1. The summed E-state index contributed by atoms with van der Waals surface area (Å²) in [7, 11) is 0. The average molecular weight is 279 g/mol. The number of carbonyl (C=O) groups is 3. The molecule has 0 radical (unpaired) electrons. The number of β-lactam (4-membered cyclic amide) rings is 1. The van der Waals surface area contributed by atoms with Crippen LogP contribution in [-0.4, -0.2) is 38.5 Å². The molecule has 2 N–H and O–H groups in total. The van der Waals surface area contributed by atoms with Crippen LogP contribution in [0.5, 0.6) is 0 Å². The minimum atomic E-state index is -1.14. The summed E-state index contributed by atoms with van der Waals surface area (Å²) in [6, 6.07) is 0. The number of rotatable bonds is 2. The number of carbonyl (C=O) groups excluding carboxylic acids is 2. The van der Waals surface area contributed by atoms with E-state index in [-0.39, 0.29) is 40.7 Å². The topological polar surface area (TPSA) is 86.7 Å². The molecule has 0 spiro atoms. The van der Waals surface area contributed by atoms with E-state index in [9.17, 15) is 14.4 Å². The van der Waals surface area contributed by atoms with Gasteiger partial charge in [0.2, 0.25) is 11.8 Å². The zero-order chi connectivity index (χ0) is 11.9. The Kier molecular flexibility index (Phi) is 4.05. The highest BCUT2D eigenvalue weighted by Gasteiger charge is 2.45. The number of amides is 2. The molecule has 2 aliphatic heterocycles. The van der Waals surface area contributed by atoms with Crippen LogP contribution in [0.3, 0.4) is 0 Å². The molecular formula is C9H11ClN2O4S. The maximum atomic E-state index is 11.2. The van der Waals surface area contributed by atoms with Gasteiger partial charge in [-0.1, -0.05) is 0 Å². The molecule has 0 aromatic heterocycles. The zero-order valence-corrected chi connectivity index (χ0v) is 10.5. The summed E-state index contributed by atoms with van der Waals surface area (Å²) in [5.41, 5.74) is -0.0428. The van der Waals surface area contributed by atoms with Gasteiger partial charge in [-0.15, -0.1) is 24.2 Å². The lowest BCUT2D eigenvalue weighted by Gasteiger charge is -2.44. The van der Waals surface area contributed by atoms with Crippen LogP contribution in [0.4, 0.5) is 0 Å². The van der Waals surface area contributed by atoms with Crippen molar-refractivity contribution in [2.24, 2.45) is 0 Å². The predicted molar refractivity (Wildman–Crippen MR) is 63.4 cm³/mol. The van der Waals surface area contributed by atoms with E-state index < -0.39 is 5.97 Å². The first-order valence-electron chi connectivity index (χ1n) is 4.69. The molecule has 6 nitrogen and oxygen atoms in total. The van der Waals surface area contributed by atoms with Crippen molar-refractivity contribution in [1.82, 2.24) is 10.2 Å². The SMILES string of the molecule is CC(=O)NC1C=C(C(=O)O)N2C(=O)C[C@H]2S1.Cl. The average Bonchev–Trinajstić information content (AvgIpc) is 2.14. The minimum Gasteiger partial charge on any atom is -0.477 e. The summed E-state index contributed by atoms with van der Waals surface area (Å²) in [5.74, 6) is -1.56. The molecule has 2 atom stereocenters. The summed E-state index contributed by atoms with van der Waals surface area (Å²) >= 11 is 1.37. The lowest BCUT2D eigenvalue weighted by Crippen LogP contribution is -2.55. The summed E-state index contributed by atoms with van der Waals surface area (Å²) in [6.45, 7) is 1.37. The van der Waals surface area contributed by atoms with E-state index in [2.05, 4.69) is 5.32 Å². The summed E-state index contributed by atoms with van der Waals surface area (Å²) in [6.07, 6.45) is 1.72. The third-order valence-electron chi connectivity index (χ3n) is 2.34. The maximum absolute atomic E-state index is 11.2. The smallest absolute Gasteiger partial charge is 0.352 e. The molecule has 2 amide bonds. The summed E-state index contributed by atoms with van der Waals surface area (Å²) in [4.78, 5) is 34.3. The number of halogens is 1. The van der Waals surface area contributed by atoms with Crippen LogP contribution in [0.2, 0.25) is 0 Å². The number of nitrogens with zero attached hydrogens (tertiary/aromatic N) is 1. The Hall–Kier alpha value is -1.21. The van der Waals surface area contributed by atoms with E-state index >= 15 is 0 Å². The Morgan fingerprint density at radius 1 is 1.59 bits per heavy atom. The van der Waals surface area contributed by atoms with Crippen molar-refractivity contribution in [3.8, 4) is 0 Å². The first-order valence-corrected chi connectivity index (χ1v) is 5.63. The highest BCUT2D eigenvalue weighted by atomic mass is 35.5. The third-order valence-corrected chi connectivity index (χ3v) is 3.58. The van der Waals surface area contributed by atoms with Gasteiger partial charge in [0, 0.05) is 6.92 Å². The Morgan fingerprint density at radius 3 is 2.71 bits per heavy atom. The Labute approximate surface area is 108 Å².